The Labute approximate surface area is 75.9 Å². The molecule has 0 radical (unpaired) electrons. The van der Waals surface area contributed by atoms with Gasteiger partial charge in [-0.25, -0.2) is 4.98 Å². The number of pyridine rings is 1. The predicted molar refractivity (Wildman–Crippen MR) is 50.3 cm³/mol. The van der Waals surface area contributed by atoms with Crippen LogP contribution in [-0.2, 0) is 0 Å². The van der Waals surface area contributed by atoms with Crippen molar-refractivity contribution in [3.8, 4) is 0 Å². The molecule has 2 nitrogen and oxygen atoms in total. The fourth-order valence-corrected chi connectivity index (χ4v) is 1.36. The molecule has 1 N–H and O–H groups in total. The molecule has 1 aliphatic carbocycles. The van der Waals surface area contributed by atoms with E-state index in [0.29, 0.717) is 5.69 Å². The number of carbonyl (C=O) groups is 1. The van der Waals surface area contributed by atoms with Crippen LogP contribution < -0.4 is 15.6 Å². The average molecular weight is 172 g/mol. The highest BCUT2D eigenvalue weighted by molar-refractivity contribution is 6.08. The lowest BCUT2D eigenvalue weighted by atomic mass is 10.0. The third kappa shape index (κ3) is 1.20. The van der Waals surface area contributed by atoms with Crippen molar-refractivity contribution in [2.45, 2.75) is 6.92 Å². The van der Waals surface area contributed by atoms with Crippen molar-refractivity contribution >= 4 is 18.4 Å². The molecule has 0 saturated heterocycles. The Morgan fingerprint density at radius 3 is 2.85 bits per heavy atom. The Morgan fingerprint density at radius 1 is 1.31 bits per heavy atom. The zero-order valence-electron chi connectivity index (χ0n) is 7.42. The van der Waals surface area contributed by atoms with Gasteiger partial charge in [0, 0.05) is 11.6 Å². The summed E-state index contributed by atoms with van der Waals surface area (Å²) in [5.41, 5.74) is 1.40. The lowest BCUT2D eigenvalue weighted by Crippen LogP contribution is -2.40. The van der Waals surface area contributed by atoms with Gasteiger partial charge >= 0.3 is 0 Å². The molecule has 0 saturated carbocycles. The van der Waals surface area contributed by atoms with Gasteiger partial charge < -0.3 is 0 Å². The van der Waals surface area contributed by atoms with Gasteiger partial charge in [0.1, 0.15) is 0 Å². The van der Waals surface area contributed by atoms with Gasteiger partial charge in [-0.3, -0.25) is 4.79 Å². The zero-order valence-corrected chi connectivity index (χ0v) is 7.42. The van der Waals surface area contributed by atoms with Crippen molar-refractivity contribution in [2.75, 3.05) is 0 Å². The quantitative estimate of drug-likeness (QED) is 0.534. The Bertz CT molecular complexity index is 511. The Morgan fingerprint density at radius 2 is 2.08 bits per heavy atom. The smallest absolute Gasteiger partial charge is 0.259 e. The lowest BCUT2D eigenvalue weighted by Gasteiger charge is -2.00. The number of aromatic amines is 1. The van der Waals surface area contributed by atoms with Crippen LogP contribution in [0.3, 0.4) is 0 Å². The van der Waals surface area contributed by atoms with Crippen molar-refractivity contribution in [3.05, 3.63) is 40.0 Å². The second-order valence-corrected chi connectivity index (χ2v) is 3.16. The van der Waals surface area contributed by atoms with Crippen LogP contribution in [0, 0.1) is 0 Å². The van der Waals surface area contributed by atoms with Gasteiger partial charge in [-0.15, -0.1) is 0 Å². The molecule has 0 spiro atoms. The van der Waals surface area contributed by atoms with Crippen molar-refractivity contribution in [2.24, 2.45) is 0 Å². The topological polar surface area (TPSA) is 31.2 Å². The van der Waals surface area contributed by atoms with Crippen molar-refractivity contribution in [1.29, 1.82) is 0 Å². The maximum Gasteiger partial charge on any atom is 0.259 e. The number of hydrogen-bond acceptors (Lipinski definition) is 1. The third-order valence-corrected chi connectivity index (χ3v) is 2.14. The molecule has 2 rings (SSSR count). The fraction of sp³-hybridized carbons (Fsp3) is 0.0909. The Hall–Kier alpha value is -1.70. The number of ketones is 1. The standard InChI is InChI=1S/C11H9NO/c1-7-3-5-9-6-4-8(2)12-10(9)11(7)13/h3-6H,2H2,1H3/p+1. The summed E-state index contributed by atoms with van der Waals surface area (Å²) in [6.07, 6.45) is 3.77. The summed E-state index contributed by atoms with van der Waals surface area (Å²) in [7, 11) is 0. The minimum Gasteiger partial charge on any atom is -0.282 e. The predicted octanol–water partition coefficient (Wildman–Crippen LogP) is -0.166. The van der Waals surface area contributed by atoms with Crippen LogP contribution in [0.15, 0.2) is 23.8 Å². The van der Waals surface area contributed by atoms with Crippen LogP contribution in [0.5, 0.6) is 0 Å². The second kappa shape index (κ2) is 2.66. The number of fused-ring (bicyclic) bond motifs is 1. The van der Waals surface area contributed by atoms with Gasteiger partial charge in [-0.2, -0.15) is 0 Å². The number of H-pyrrole nitrogens is 1. The summed E-state index contributed by atoms with van der Waals surface area (Å²) in [6.45, 7) is 5.56. The molecule has 13 heavy (non-hydrogen) atoms. The Balaban J connectivity index is 2.82. The van der Waals surface area contributed by atoms with Crippen molar-refractivity contribution in [3.63, 3.8) is 0 Å². The third-order valence-electron chi connectivity index (χ3n) is 2.14. The summed E-state index contributed by atoms with van der Waals surface area (Å²) in [4.78, 5) is 14.6. The minimum absolute atomic E-state index is 0.0583. The van der Waals surface area contributed by atoms with Gasteiger partial charge in [0.15, 0.2) is 5.35 Å². The van der Waals surface area contributed by atoms with Gasteiger partial charge in [0.2, 0.25) is 0 Å². The van der Waals surface area contributed by atoms with Crippen LogP contribution >= 0.6 is 0 Å². The van der Waals surface area contributed by atoms with E-state index in [1.165, 1.54) is 0 Å². The van der Waals surface area contributed by atoms with E-state index in [1.54, 1.807) is 0 Å². The molecule has 0 bridgehead atoms. The summed E-state index contributed by atoms with van der Waals surface area (Å²) < 4.78 is 0. The number of rotatable bonds is 0. The summed E-state index contributed by atoms with van der Waals surface area (Å²) in [5.74, 6) is 0.0583. The van der Waals surface area contributed by atoms with E-state index in [-0.39, 0.29) is 5.78 Å². The molecule has 1 heterocycles. The summed E-state index contributed by atoms with van der Waals surface area (Å²) in [5, 5.41) is 1.69. The highest BCUT2D eigenvalue weighted by atomic mass is 16.1. The largest absolute Gasteiger partial charge is 0.282 e. The minimum atomic E-state index is 0.0583. The SMILES string of the molecule is C=c1ccc2c([nH+]1)C(=O)C(C)=CC=2. The van der Waals surface area contributed by atoms with E-state index in [9.17, 15) is 4.79 Å². The second-order valence-electron chi connectivity index (χ2n) is 3.16. The van der Waals surface area contributed by atoms with E-state index in [4.69, 9.17) is 0 Å². The summed E-state index contributed by atoms with van der Waals surface area (Å²) in [6, 6.07) is 3.76. The van der Waals surface area contributed by atoms with E-state index in [1.807, 2.05) is 31.2 Å². The molecule has 0 aromatic carbocycles. The number of allylic oxidation sites excluding steroid dienone is 2. The molecular formula is C11H10NO+. The van der Waals surface area contributed by atoms with E-state index in [0.717, 1.165) is 16.1 Å². The van der Waals surface area contributed by atoms with Crippen LogP contribution in [0.2, 0.25) is 0 Å². The normalized spacial score (nSPS) is 14.5. The van der Waals surface area contributed by atoms with Gasteiger partial charge in [0.05, 0.1) is 5.22 Å². The number of nitrogens with one attached hydrogen (secondary N) is 1. The Kier molecular flexibility index (Phi) is 1.62. The average Bonchev–Trinajstić information content (AvgIpc) is 2.12. The van der Waals surface area contributed by atoms with Crippen LogP contribution in [0.25, 0.3) is 12.7 Å². The molecule has 1 aliphatic rings. The van der Waals surface area contributed by atoms with E-state index in [2.05, 4.69) is 11.6 Å². The number of Topliss-reactive ketones (excluding diaryl/α,β-unsaturated/α-hetero) is 1. The molecule has 0 fully saturated rings. The lowest BCUT2D eigenvalue weighted by molar-refractivity contribution is -0.399. The highest BCUT2D eigenvalue weighted by Gasteiger charge is 2.18. The van der Waals surface area contributed by atoms with Gasteiger partial charge in [-0.1, -0.05) is 6.08 Å². The first-order chi connectivity index (χ1) is 6.18. The molecule has 1 aromatic rings. The monoisotopic (exact) mass is 172 g/mol. The van der Waals surface area contributed by atoms with Crippen LogP contribution in [0.1, 0.15) is 17.4 Å². The molecule has 64 valence electrons. The fourth-order valence-electron chi connectivity index (χ4n) is 1.36. The molecule has 0 aliphatic heterocycles. The summed E-state index contributed by atoms with van der Waals surface area (Å²) >= 11 is 0. The molecule has 0 atom stereocenters. The first-order valence-electron chi connectivity index (χ1n) is 4.13. The molecule has 0 amide bonds. The number of aromatic nitrogens is 1. The molecule has 2 heteroatoms. The molecule has 1 aromatic heterocycles. The molecular weight excluding hydrogens is 162 g/mol. The molecule has 0 unspecified atom stereocenters. The van der Waals surface area contributed by atoms with Gasteiger partial charge in [-0.05, 0) is 25.6 Å². The van der Waals surface area contributed by atoms with Gasteiger partial charge in [0.25, 0.3) is 11.5 Å². The van der Waals surface area contributed by atoms with Crippen LogP contribution in [0.4, 0.5) is 0 Å². The van der Waals surface area contributed by atoms with E-state index >= 15 is 0 Å². The van der Waals surface area contributed by atoms with Crippen molar-refractivity contribution in [1.82, 2.24) is 0 Å². The zero-order chi connectivity index (χ0) is 9.42. The first kappa shape index (κ1) is 7.92. The van der Waals surface area contributed by atoms with Crippen LogP contribution in [-0.4, -0.2) is 5.78 Å². The first-order valence-corrected chi connectivity index (χ1v) is 4.13. The maximum atomic E-state index is 11.6. The van der Waals surface area contributed by atoms with E-state index < -0.39 is 0 Å². The van der Waals surface area contributed by atoms with Crippen molar-refractivity contribution < 1.29 is 9.78 Å². The number of hydrogen-bond donors (Lipinski definition) is 0. The number of carbonyl (C=O) groups excluding carboxylic acids is 1. The highest BCUT2D eigenvalue weighted by Crippen LogP contribution is 2.03. The maximum absolute atomic E-state index is 11.6.